The van der Waals surface area contributed by atoms with Crippen LogP contribution in [0.2, 0.25) is 0 Å². The number of carbonyl (C=O) groups excluding carboxylic acids is 2. The molecule has 31 heavy (non-hydrogen) atoms. The van der Waals surface area contributed by atoms with Gasteiger partial charge in [-0.05, 0) is 80.9 Å². The van der Waals surface area contributed by atoms with Crippen molar-refractivity contribution in [3.05, 3.63) is 63.5 Å². The van der Waals surface area contributed by atoms with Crippen molar-refractivity contribution in [3.63, 3.8) is 0 Å². The summed E-state index contributed by atoms with van der Waals surface area (Å²) in [6.07, 6.45) is 3.71. The minimum atomic E-state index is -0.961. The fourth-order valence-corrected chi connectivity index (χ4v) is 4.15. The molecule has 0 fully saturated rings. The molecule has 3 rings (SSSR count). The van der Waals surface area contributed by atoms with Gasteiger partial charge >= 0.3 is 5.97 Å². The molecule has 0 amide bonds. The predicted molar refractivity (Wildman–Crippen MR) is 121 cm³/mol. The highest BCUT2D eigenvalue weighted by Crippen LogP contribution is 2.24. The second-order valence-electron chi connectivity index (χ2n) is 8.75. The van der Waals surface area contributed by atoms with Gasteiger partial charge in [0.1, 0.15) is 11.6 Å². The molecule has 1 aromatic carbocycles. The monoisotopic (exact) mass is 418 g/mol. The Hall–Kier alpha value is -3.13. The van der Waals surface area contributed by atoms with Crippen molar-refractivity contribution in [3.8, 4) is 6.07 Å². The van der Waals surface area contributed by atoms with Gasteiger partial charge in [0.05, 0.1) is 0 Å². The Morgan fingerprint density at radius 3 is 2.55 bits per heavy atom. The number of nitrogens with zero attached hydrogens (tertiary/aromatic N) is 2. The first-order valence-electron chi connectivity index (χ1n) is 10.9. The maximum absolute atomic E-state index is 12.8. The summed E-state index contributed by atoms with van der Waals surface area (Å²) in [5.74, 6) is -0.554. The molecule has 5 heteroatoms. The van der Waals surface area contributed by atoms with Gasteiger partial charge in [0, 0.05) is 23.5 Å². The topological polar surface area (TPSA) is 72.1 Å². The zero-order chi connectivity index (χ0) is 22.7. The third kappa shape index (κ3) is 4.96. The van der Waals surface area contributed by atoms with E-state index in [0.29, 0.717) is 11.5 Å². The molecule has 0 bridgehead atoms. The molecule has 2 aromatic rings. The van der Waals surface area contributed by atoms with E-state index in [0.717, 1.165) is 42.8 Å². The summed E-state index contributed by atoms with van der Waals surface area (Å²) in [6, 6.07) is 9.57. The Labute approximate surface area is 184 Å². The van der Waals surface area contributed by atoms with Crippen molar-refractivity contribution in [2.24, 2.45) is 5.92 Å². The molecule has 1 atom stereocenters. The molecule has 0 spiro atoms. The predicted octanol–water partition coefficient (Wildman–Crippen LogP) is 4.97. The van der Waals surface area contributed by atoms with Crippen molar-refractivity contribution in [2.45, 2.75) is 66.5 Å². The van der Waals surface area contributed by atoms with Crippen LogP contribution in [-0.4, -0.2) is 22.4 Å². The summed E-state index contributed by atoms with van der Waals surface area (Å²) in [5.41, 5.74) is 5.78. The van der Waals surface area contributed by atoms with Gasteiger partial charge in [-0.2, -0.15) is 5.26 Å². The number of hydrogen-bond acceptors (Lipinski definition) is 4. The number of esters is 1. The van der Waals surface area contributed by atoms with Gasteiger partial charge in [-0.25, -0.2) is 4.79 Å². The molecule has 1 aromatic heterocycles. The van der Waals surface area contributed by atoms with Crippen molar-refractivity contribution < 1.29 is 14.3 Å². The van der Waals surface area contributed by atoms with Crippen LogP contribution in [0.25, 0.3) is 6.08 Å². The molecule has 1 heterocycles. The van der Waals surface area contributed by atoms with Gasteiger partial charge in [0.2, 0.25) is 5.78 Å². The Morgan fingerprint density at radius 2 is 1.87 bits per heavy atom. The van der Waals surface area contributed by atoms with E-state index in [1.165, 1.54) is 11.1 Å². The normalized spacial score (nSPS) is 14.3. The largest absolute Gasteiger partial charge is 0.450 e. The number of carbonyl (C=O) groups is 2. The third-order valence-corrected chi connectivity index (χ3v) is 5.84. The smallest absolute Gasteiger partial charge is 0.349 e. The van der Waals surface area contributed by atoms with Crippen LogP contribution in [0.1, 0.15) is 65.6 Å². The maximum atomic E-state index is 12.8. The van der Waals surface area contributed by atoms with Gasteiger partial charge in [0.25, 0.3) is 0 Å². The SMILES string of the molecule is Cc1cc(/C=C(\C#N)C(=O)O[C@@H](C)C(=O)c2ccc3c(c2)CCC3)c(C)n1CC(C)C. The first-order valence-corrected chi connectivity index (χ1v) is 10.9. The number of nitriles is 1. The molecule has 0 radical (unpaired) electrons. The quantitative estimate of drug-likeness (QED) is 0.275. The van der Waals surface area contributed by atoms with E-state index in [-0.39, 0.29) is 11.4 Å². The molecular formula is C26H30N2O3. The second kappa shape index (κ2) is 9.34. The molecule has 1 aliphatic carbocycles. The molecule has 1 aliphatic rings. The lowest BCUT2D eigenvalue weighted by Gasteiger charge is -2.13. The van der Waals surface area contributed by atoms with Crippen LogP contribution >= 0.6 is 0 Å². The maximum Gasteiger partial charge on any atom is 0.349 e. The molecular weight excluding hydrogens is 388 g/mol. The van der Waals surface area contributed by atoms with Crippen LogP contribution in [0.15, 0.2) is 29.8 Å². The number of ketones is 1. The Bertz CT molecular complexity index is 1080. The summed E-state index contributed by atoms with van der Waals surface area (Å²) in [5, 5.41) is 9.53. The standard InChI is InChI=1S/C26H30N2O3/c1-16(2)15-28-17(3)11-23(18(28)4)13-24(14-27)26(30)31-19(5)25(29)22-10-9-20-7-6-8-21(20)12-22/h9-13,16,19H,6-8,15H2,1-5H3/b24-13+/t19-/m0/s1. The van der Waals surface area contributed by atoms with Gasteiger partial charge in [-0.15, -0.1) is 0 Å². The van der Waals surface area contributed by atoms with Crippen LogP contribution in [0.3, 0.4) is 0 Å². The number of benzene rings is 1. The lowest BCUT2D eigenvalue weighted by Crippen LogP contribution is -2.25. The van der Waals surface area contributed by atoms with Crippen LogP contribution in [0.5, 0.6) is 0 Å². The average Bonchev–Trinajstić information content (AvgIpc) is 3.30. The highest BCUT2D eigenvalue weighted by molar-refractivity contribution is 6.03. The van der Waals surface area contributed by atoms with E-state index in [2.05, 4.69) is 18.4 Å². The summed E-state index contributed by atoms with van der Waals surface area (Å²) in [7, 11) is 0. The number of fused-ring (bicyclic) bond motifs is 1. The zero-order valence-electron chi connectivity index (χ0n) is 19.0. The number of Topliss-reactive ketones (excluding diaryl/α,β-unsaturated/α-hetero) is 1. The molecule has 0 unspecified atom stereocenters. The highest BCUT2D eigenvalue weighted by Gasteiger charge is 2.23. The zero-order valence-corrected chi connectivity index (χ0v) is 19.0. The van der Waals surface area contributed by atoms with Crippen LogP contribution in [-0.2, 0) is 28.9 Å². The van der Waals surface area contributed by atoms with Crippen molar-refractivity contribution >= 4 is 17.8 Å². The molecule has 0 saturated heterocycles. The molecule has 5 nitrogen and oxygen atoms in total. The van der Waals surface area contributed by atoms with E-state index in [1.807, 2.05) is 38.1 Å². The van der Waals surface area contributed by atoms with E-state index in [1.54, 1.807) is 19.1 Å². The number of aromatic nitrogens is 1. The number of ether oxygens (including phenoxy) is 1. The number of rotatable bonds is 7. The van der Waals surface area contributed by atoms with Gasteiger partial charge < -0.3 is 9.30 Å². The fraction of sp³-hybridized carbons (Fsp3) is 0.423. The minimum Gasteiger partial charge on any atom is -0.450 e. The van der Waals surface area contributed by atoms with Gasteiger partial charge in [0.15, 0.2) is 6.10 Å². The van der Waals surface area contributed by atoms with Crippen molar-refractivity contribution in [1.82, 2.24) is 4.57 Å². The van der Waals surface area contributed by atoms with Crippen LogP contribution in [0.4, 0.5) is 0 Å². The van der Waals surface area contributed by atoms with Gasteiger partial charge in [-0.1, -0.05) is 26.0 Å². The molecule has 0 saturated carbocycles. The van der Waals surface area contributed by atoms with E-state index >= 15 is 0 Å². The van der Waals surface area contributed by atoms with E-state index in [9.17, 15) is 14.9 Å². The number of hydrogen-bond donors (Lipinski definition) is 0. The molecule has 0 aliphatic heterocycles. The van der Waals surface area contributed by atoms with E-state index in [4.69, 9.17) is 4.74 Å². The Morgan fingerprint density at radius 1 is 1.16 bits per heavy atom. The fourth-order valence-electron chi connectivity index (χ4n) is 4.15. The second-order valence-corrected chi connectivity index (χ2v) is 8.75. The highest BCUT2D eigenvalue weighted by atomic mass is 16.5. The Kier molecular flexibility index (Phi) is 6.80. The summed E-state index contributed by atoms with van der Waals surface area (Å²) < 4.78 is 7.54. The van der Waals surface area contributed by atoms with Crippen LogP contribution in [0, 0.1) is 31.1 Å². The van der Waals surface area contributed by atoms with Crippen molar-refractivity contribution in [2.75, 3.05) is 0 Å². The summed E-state index contributed by atoms with van der Waals surface area (Å²) >= 11 is 0. The third-order valence-electron chi connectivity index (χ3n) is 5.84. The lowest BCUT2D eigenvalue weighted by molar-refractivity contribution is -0.141. The Balaban J connectivity index is 1.75. The van der Waals surface area contributed by atoms with Crippen LogP contribution < -0.4 is 0 Å². The summed E-state index contributed by atoms with van der Waals surface area (Å²) in [4.78, 5) is 25.4. The number of aryl methyl sites for hydroxylation is 3. The average molecular weight is 419 g/mol. The van der Waals surface area contributed by atoms with Gasteiger partial charge in [-0.3, -0.25) is 4.79 Å². The first-order chi connectivity index (χ1) is 14.7. The molecule has 0 N–H and O–H groups in total. The molecule has 162 valence electrons. The van der Waals surface area contributed by atoms with E-state index < -0.39 is 12.1 Å². The first kappa shape index (κ1) is 22.6. The summed E-state index contributed by atoms with van der Waals surface area (Å²) in [6.45, 7) is 10.7. The van der Waals surface area contributed by atoms with Crippen molar-refractivity contribution in [1.29, 1.82) is 5.26 Å². The minimum absolute atomic E-state index is 0.113. The lowest BCUT2D eigenvalue weighted by atomic mass is 10.0.